The molecule has 4 rings (SSSR count). The van der Waals surface area contributed by atoms with Gasteiger partial charge in [-0.1, -0.05) is 68.1 Å². The number of rotatable bonds is 12. The molecule has 2 amide bonds. The number of carbonyl (C=O) groups excluding carboxylic acids is 2. The number of ether oxygens (including phenoxy) is 1. The van der Waals surface area contributed by atoms with Crippen molar-refractivity contribution in [3.63, 3.8) is 0 Å². The molecule has 1 aliphatic rings. The fourth-order valence-electron chi connectivity index (χ4n) is 5.47. The summed E-state index contributed by atoms with van der Waals surface area (Å²) in [5.41, 5.74) is 2.10. The molecule has 0 aliphatic heterocycles. The van der Waals surface area contributed by atoms with E-state index in [-0.39, 0.29) is 29.1 Å². The standard InChI is InChI=1S/C33H40ClN3O5S/c1-4-31(33(39)35-27-14-6-5-7-15-27)36(22-25-12-9-8-11-24(25)2)32(38)23-37(28-16-10-13-26(34)21-28)43(40,41)30-19-17-29(42-3)18-20-30/h8-13,16-21,27,31H,4-7,14-15,22-23H2,1-3H3,(H,35,39)/t31-/m1/s1. The molecule has 1 aliphatic carbocycles. The molecule has 43 heavy (non-hydrogen) atoms. The second-order valence-electron chi connectivity index (χ2n) is 10.9. The van der Waals surface area contributed by atoms with Gasteiger partial charge in [0.2, 0.25) is 11.8 Å². The van der Waals surface area contributed by atoms with Crippen molar-refractivity contribution >= 4 is 39.1 Å². The lowest BCUT2D eigenvalue weighted by Gasteiger charge is -2.34. The Morgan fingerprint density at radius 1 is 1.00 bits per heavy atom. The Hall–Kier alpha value is -3.56. The molecule has 1 N–H and O–H groups in total. The minimum absolute atomic E-state index is 0.00591. The molecule has 3 aromatic rings. The van der Waals surface area contributed by atoms with Crippen LogP contribution in [0.1, 0.15) is 56.6 Å². The summed E-state index contributed by atoms with van der Waals surface area (Å²) >= 11 is 6.27. The molecule has 0 radical (unpaired) electrons. The number of amides is 2. The Morgan fingerprint density at radius 2 is 1.70 bits per heavy atom. The van der Waals surface area contributed by atoms with Gasteiger partial charge in [0.25, 0.3) is 10.0 Å². The summed E-state index contributed by atoms with van der Waals surface area (Å²) in [6.07, 6.45) is 5.48. The highest BCUT2D eigenvalue weighted by molar-refractivity contribution is 7.92. The van der Waals surface area contributed by atoms with Gasteiger partial charge in [-0.25, -0.2) is 8.42 Å². The molecular weight excluding hydrogens is 586 g/mol. The second kappa shape index (κ2) is 14.8. The van der Waals surface area contributed by atoms with Crippen LogP contribution in [0.5, 0.6) is 5.75 Å². The summed E-state index contributed by atoms with van der Waals surface area (Å²) in [6, 6.07) is 19.3. The number of sulfonamides is 1. The van der Waals surface area contributed by atoms with Gasteiger partial charge in [-0.15, -0.1) is 0 Å². The van der Waals surface area contributed by atoms with Crippen LogP contribution in [0, 0.1) is 6.92 Å². The van der Waals surface area contributed by atoms with E-state index in [0.717, 1.165) is 47.5 Å². The van der Waals surface area contributed by atoms with E-state index in [4.69, 9.17) is 16.3 Å². The number of halogens is 1. The maximum absolute atomic E-state index is 14.3. The number of carbonyl (C=O) groups is 2. The molecule has 3 aromatic carbocycles. The lowest BCUT2D eigenvalue weighted by Crippen LogP contribution is -2.54. The van der Waals surface area contributed by atoms with Gasteiger partial charge < -0.3 is 15.0 Å². The molecule has 230 valence electrons. The van der Waals surface area contributed by atoms with Crippen LogP contribution in [-0.4, -0.2) is 50.9 Å². The minimum Gasteiger partial charge on any atom is -0.497 e. The van der Waals surface area contributed by atoms with Gasteiger partial charge in [-0.2, -0.15) is 0 Å². The fraction of sp³-hybridized carbons (Fsp3) is 0.394. The van der Waals surface area contributed by atoms with Gasteiger partial charge in [-0.05, 0) is 79.8 Å². The average molecular weight is 626 g/mol. The van der Waals surface area contributed by atoms with E-state index in [1.54, 1.807) is 30.3 Å². The topological polar surface area (TPSA) is 96.0 Å². The number of hydrogen-bond acceptors (Lipinski definition) is 5. The summed E-state index contributed by atoms with van der Waals surface area (Å²) in [5, 5.41) is 3.50. The first-order valence-electron chi connectivity index (χ1n) is 14.7. The Balaban J connectivity index is 1.71. The SMILES string of the molecule is CC[C@H](C(=O)NC1CCCCC1)N(Cc1ccccc1C)C(=O)CN(c1cccc(Cl)c1)S(=O)(=O)c1ccc(OC)cc1. The van der Waals surface area contributed by atoms with E-state index in [1.165, 1.54) is 30.2 Å². The van der Waals surface area contributed by atoms with E-state index in [9.17, 15) is 18.0 Å². The van der Waals surface area contributed by atoms with Crippen LogP contribution >= 0.6 is 11.6 Å². The van der Waals surface area contributed by atoms with Gasteiger partial charge in [0.05, 0.1) is 17.7 Å². The highest BCUT2D eigenvalue weighted by Crippen LogP contribution is 2.28. The minimum atomic E-state index is -4.21. The molecule has 10 heteroatoms. The highest BCUT2D eigenvalue weighted by Gasteiger charge is 2.34. The van der Waals surface area contributed by atoms with Crippen LogP contribution in [0.3, 0.4) is 0 Å². The molecule has 8 nitrogen and oxygen atoms in total. The summed E-state index contributed by atoms with van der Waals surface area (Å²) in [7, 11) is -2.71. The zero-order valence-corrected chi connectivity index (χ0v) is 26.5. The summed E-state index contributed by atoms with van der Waals surface area (Å²) in [6.45, 7) is 3.46. The lowest BCUT2D eigenvalue weighted by molar-refractivity contribution is -0.140. The van der Waals surface area contributed by atoms with Crippen molar-refractivity contribution < 1.29 is 22.7 Å². The number of aryl methyl sites for hydroxylation is 1. The third-order valence-electron chi connectivity index (χ3n) is 7.96. The maximum atomic E-state index is 14.3. The summed E-state index contributed by atoms with van der Waals surface area (Å²) in [5.74, 6) is -0.210. The van der Waals surface area contributed by atoms with Crippen molar-refractivity contribution in [1.29, 1.82) is 0 Å². The zero-order valence-electron chi connectivity index (χ0n) is 25.0. The molecule has 0 unspecified atom stereocenters. The zero-order chi connectivity index (χ0) is 31.0. The molecular formula is C33H40ClN3O5S. The second-order valence-corrected chi connectivity index (χ2v) is 13.2. The lowest BCUT2D eigenvalue weighted by atomic mass is 9.95. The van der Waals surface area contributed by atoms with Crippen LogP contribution in [-0.2, 0) is 26.2 Å². The number of benzene rings is 3. The van der Waals surface area contributed by atoms with Gasteiger partial charge >= 0.3 is 0 Å². The molecule has 1 saturated carbocycles. The van der Waals surface area contributed by atoms with Crippen molar-refractivity contribution in [3.05, 3.63) is 88.9 Å². The van der Waals surface area contributed by atoms with Crippen molar-refractivity contribution in [3.8, 4) is 5.75 Å². The number of methoxy groups -OCH3 is 1. The monoisotopic (exact) mass is 625 g/mol. The van der Waals surface area contributed by atoms with Crippen LogP contribution in [0.4, 0.5) is 5.69 Å². The maximum Gasteiger partial charge on any atom is 0.264 e. The Kier molecular flexibility index (Phi) is 11.1. The number of nitrogens with one attached hydrogen (secondary N) is 1. The van der Waals surface area contributed by atoms with Gasteiger partial charge in [-0.3, -0.25) is 13.9 Å². The van der Waals surface area contributed by atoms with Crippen LogP contribution in [0.15, 0.2) is 77.7 Å². The molecule has 0 aromatic heterocycles. The van der Waals surface area contributed by atoms with Crippen LogP contribution in [0.25, 0.3) is 0 Å². The molecule has 1 atom stereocenters. The summed E-state index contributed by atoms with van der Waals surface area (Å²) < 4.78 is 34.3. The Morgan fingerprint density at radius 3 is 2.33 bits per heavy atom. The smallest absolute Gasteiger partial charge is 0.264 e. The van der Waals surface area contributed by atoms with Crippen LogP contribution < -0.4 is 14.4 Å². The quantitative estimate of drug-likeness (QED) is 0.262. The van der Waals surface area contributed by atoms with E-state index in [0.29, 0.717) is 17.2 Å². The van der Waals surface area contributed by atoms with Gasteiger partial charge in [0.15, 0.2) is 0 Å². The number of nitrogens with zero attached hydrogens (tertiary/aromatic N) is 2. The van der Waals surface area contributed by atoms with E-state index in [2.05, 4.69) is 5.32 Å². The van der Waals surface area contributed by atoms with Crippen molar-refractivity contribution in [1.82, 2.24) is 10.2 Å². The largest absolute Gasteiger partial charge is 0.497 e. The van der Waals surface area contributed by atoms with E-state index in [1.807, 2.05) is 38.1 Å². The third-order valence-corrected chi connectivity index (χ3v) is 9.99. The van der Waals surface area contributed by atoms with Gasteiger partial charge in [0, 0.05) is 17.6 Å². The van der Waals surface area contributed by atoms with E-state index >= 15 is 0 Å². The molecule has 1 fully saturated rings. The molecule has 0 saturated heterocycles. The fourth-order valence-corrected chi connectivity index (χ4v) is 7.06. The predicted molar refractivity (Wildman–Crippen MR) is 170 cm³/mol. The third kappa shape index (κ3) is 8.09. The molecule has 0 bridgehead atoms. The Labute approximate surface area is 260 Å². The Bertz CT molecular complexity index is 1510. The highest BCUT2D eigenvalue weighted by atomic mass is 35.5. The van der Waals surface area contributed by atoms with Crippen molar-refractivity contribution in [2.24, 2.45) is 0 Å². The molecule has 0 heterocycles. The van der Waals surface area contributed by atoms with Crippen molar-refractivity contribution in [2.75, 3.05) is 18.0 Å². The first-order chi connectivity index (χ1) is 20.6. The average Bonchev–Trinajstić information content (AvgIpc) is 3.01. The molecule has 0 spiro atoms. The summed E-state index contributed by atoms with van der Waals surface area (Å²) in [4.78, 5) is 29.5. The normalized spacial score (nSPS) is 14.5. The predicted octanol–water partition coefficient (Wildman–Crippen LogP) is 6.11. The number of anilines is 1. The van der Waals surface area contributed by atoms with Crippen LogP contribution in [0.2, 0.25) is 5.02 Å². The first kappa shape index (κ1) is 32.4. The van der Waals surface area contributed by atoms with Gasteiger partial charge in [0.1, 0.15) is 18.3 Å². The number of hydrogen-bond donors (Lipinski definition) is 1. The van der Waals surface area contributed by atoms with Crippen molar-refractivity contribution in [2.45, 2.75) is 75.9 Å². The first-order valence-corrected chi connectivity index (χ1v) is 16.5. The van der Waals surface area contributed by atoms with E-state index < -0.39 is 28.5 Å².